The summed E-state index contributed by atoms with van der Waals surface area (Å²) >= 11 is 0. The van der Waals surface area contributed by atoms with Gasteiger partial charge in [0.25, 0.3) is 5.69 Å². The maximum absolute atomic E-state index is 10.9. The Morgan fingerprint density at radius 2 is 1.89 bits per heavy atom. The third-order valence-electron chi connectivity index (χ3n) is 4.94. The Morgan fingerprint density at radius 1 is 1.07 bits per heavy atom. The van der Waals surface area contributed by atoms with Crippen LogP contribution in [0, 0.1) is 10.1 Å². The number of fused-ring (bicyclic) bond motifs is 2. The molecular weight excluding hydrogens is 342 g/mol. The molecule has 0 saturated heterocycles. The Labute approximate surface area is 154 Å². The van der Waals surface area contributed by atoms with E-state index in [2.05, 4.69) is 38.1 Å². The van der Waals surface area contributed by atoms with Gasteiger partial charge in [-0.25, -0.2) is 9.97 Å². The van der Waals surface area contributed by atoms with Crippen LogP contribution in [0.2, 0.25) is 0 Å². The van der Waals surface area contributed by atoms with Crippen molar-refractivity contribution in [3.05, 3.63) is 76.6 Å². The summed E-state index contributed by atoms with van der Waals surface area (Å²) in [7, 11) is 0. The van der Waals surface area contributed by atoms with Crippen LogP contribution in [0.25, 0.3) is 22.3 Å². The molecule has 0 saturated carbocycles. The van der Waals surface area contributed by atoms with Crippen LogP contribution < -0.4 is 4.90 Å². The number of non-ortho nitro benzene ring substituents is 1. The van der Waals surface area contributed by atoms with Crippen molar-refractivity contribution in [1.29, 1.82) is 0 Å². The molecule has 7 nitrogen and oxygen atoms in total. The van der Waals surface area contributed by atoms with Gasteiger partial charge in [0.1, 0.15) is 17.8 Å². The van der Waals surface area contributed by atoms with E-state index in [0.29, 0.717) is 0 Å². The van der Waals surface area contributed by atoms with Crippen LogP contribution in [-0.2, 0) is 6.42 Å². The van der Waals surface area contributed by atoms with Crippen LogP contribution in [0.4, 0.5) is 17.2 Å². The van der Waals surface area contributed by atoms with Crippen LogP contribution in [0.5, 0.6) is 0 Å². The van der Waals surface area contributed by atoms with Crippen molar-refractivity contribution in [2.45, 2.75) is 6.42 Å². The first-order chi connectivity index (χ1) is 13.2. The second kappa shape index (κ2) is 5.91. The zero-order valence-electron chi connectivity index (χ0n) is 14.3. The molecule has 0 unspecified atom stereocenters. The fraction of sp³-hybridized carbons (Fsp3) is 0.100. The minimum atomic E-state index is -0.399. The summed E-state index contributed by atoms with van der Waals surface area (Å²) in [6.07, 6.45) is 2.55. The normalized spacial score (nSPS) is 13.1. The lowest BCUT2D eigenvalue weighted by Crippen LogP contribution is -2.15. The molecule has 2 aromatic carbocycles. The van der Waals surface area contributed by atoms with E-state index in [1.807, 2.05) is 12.1 Å². The van der Waals surface area contributed by atoms with Crippen LogP contribution >= 0.6 is 0 Å². The molecule has 0 atom stereocenters. The molecule has 1 aliphatic rings. The van der Waals surface area contributed by atoms with Gasteiger partial charge in [-0.3, -0.25) is 10.1 Å². The van der Waals surface area contributed by atoms with Crippen molar-refractivity contribution in [1.82, 2.24) is 15.0 Å². The Hall–Kier alpha value is -3.74. The van der Waals surface area contributed by atoms with E-state index < -0.39 is 4.92 Å². The van der Waals surface area contributed by atoms with Crippen LogP contribution in [0.1, 0.15) is 5.56 Å². The lowest BCUT2D eigenvalue weighted by atomic mass is 10.1. The number of anilines is 2. The zero-order valence-corrected chi connectivity index (χ0v) is 14.3. The summed E-state index contributed by atoms with van der Waals surface area (Å²) < 4.78 is 0. The van der Waals surface area contributed by atoms with Gasteiger partial charge in [0, 0.05) is 30.1 Å². The lowest BCUT2D eigenvalue weighted by Gasteiger charge is -2.18. The first-order valence-electron chi connectivity index (χ1n) is 8.65. The number of benzene rings is 2. The van der Waals surface area contributed by atoms with Gasteiger partial charge in [0.2, 0.25) is 0 Å². The van der Waals surface area contributed by atoms with Gasteiger partial charge in [-0.05, 0) is 41.8 Å². The van der Waals surface area contributed by atoms with Crippen molar-refractivity contribution in [2.75, 3.05) is 11.4 Å². The minimum absolute atomic E-state index is 0.0732. The lowest BCUT2D eigenvalue weighted by molar-refractivity contribution is -0.384. The number of nitro benzene ring substituents is 1. The van der Waals surface area contributed by atoms with Crippen LogP contribution in [0.15, 0.2) is 60.9 Å². The largest absolute Gasteiger partial charge is 0.339 e. The van der Waals surface area contributed by atoms with E-state index in [0.717, 1.165) is 41.1 Å². The molecule has 0 bridgehead atoms. The maximum Gasteiger partial charge on any atom is 0.269 e. The van der Waals surface area contributed by atoms with Crippen molar-refractivity contribution in [3.8, 4) is 11.3 Å². The smallest absolute Gasteiger partial charge is 0.269 e. The van der Waals surface area contributed by atoms with E-state index >= 15 is 0 Å². The highest BCUT2D eigenvalue weighted by atomic mass is 16.6. The number of para-hydroxylation sites is 1. The van der Waals surface area contributed by atoms with Gasteiger partial charge in [-0.15, -0.1) is 0 Å². The average molecular weight is 357 g/mol. The van der Waals surface area contributed by atoms with E-state index in [1.165, 1.54) is 23.4 Å². The van der Waals surface area contributed by atoms with Gasteiger partial charge in [0.15, 0.2) is 0 Å². The van der Waals surface area contributed by atoms with Crippen molar-refractivity contribution < 1.29 is 4.92 Å². The van der Waals surface area contributed by atoms with Crippen LogP contribution in [0.3, 0.4) is 0 Å². The monoisotopic (exact) mass is 357 g/mol. The van der Waals surface area contributed by atoms with Gasteiger partial charge in [0.05, 0.1) is 10.3 Å². The number of hydrogen-bond acceptors (Lipinski definition) is 5. The molecule has 7 heteroatoms. The van der Waals surface area contributed by atoms with Crippen molar-refractivity contribution in [3.63, 3.8) is 0 Å². The summed E-state index contributed by atoms with van der Waals surface area (Å²) in [5, 5.41) is 11.8. The van der Waals surface area contributed by atoms with Crippen LogP contribution in [-0.4, -0.2) is 26.4 Å². The molecule has 5 rings (SSSR count). The average Bonchev–Trinajstić information content (AvgIpc) is 3.32. The molecule has 3 heterocycles. The number of nitro groups is 1. The number of aromatic nitrogens is 3. The fourth-order valence-corrected chi connectivity index (χ4v) is 3.62. The first kappa shape index (κ1) is 15.5. The van der Waals surface area contributed by atoms with Crippen molar-refractivity contribution in [2.24, 2.45) is 0 Å². The standard InChI is InChI=1S/C20H15N5O2/c26-25(27)15-7-5-13(6-8-15)17-11-16-19(23-17)21-12-22-20(16)24-10-9-14-3-1-2-4-18(14)24/h1-8,11-12H,9-10H2,(H,21,22,23). The summed E-state index contributed by atoms with van der Waals surface area (Å²) in [5.74, 6) is 0.870. The molecule has 132 valence electrons. The molecule has 1 N–H and O–H groups in total. The molecule has 0 aliphatic carbocycles. The topological polar surface area (TPSA) is 87.9 Å². The maximum atomic E-state index is 10.9. The molecule has 0 amide bonds. The summed E-state index contributed by atoms with van der Waals surface area (Å²) in [6, 6.07) is 16.8. The Balaban J connectivity index is 1.59. The summed E-state index contributed by atoms with van der Waals surface area (Å²) in [6.45, 7) is 0.878. The van der Waals surface area contributed by atoms with E-state index in [4.69, 9.17) is 0 Å². The first-order valence-corrected chi connectivity index (χ1v) is 8.65. The molecule has 0 radical (unpaired) electrons. The molecule has 1 aliphatic heterocycles. The predicted octanol–water partition coefficient (Wildman–Crippen LogP) is 4.23. The molecule has 2 aromatic heterocycles. The second-order valence-corrected chi connectivity index (χ2v) is 6.48. The summed E-state index contributed by atoms with van der Waals surface area (Å²) in [4.78, 5) is 24.9. The number of rotatable bonds is 3. The quantitative estimate of drug-likeness (QED) is 0.438. The Morgan fingerprint density at radius 3 is 2.70 bits per heavy atom. The highest BCUT2D eigenvalue weighted by Crippen LogP contribution is 2.37. The van der Waals surface area contributed by atoms with E-state index in [9.17, 15) is 10.1 Å². The Bertz CT molecular complexity index is 1170. The molecule has 4 aromatic rings. The predicted molar refractivity (Wildman–Crippen MR) is 103 cm³/mol. The SMILES string of the molecule is O=[N+]([O-])c1ccc(-c2cc3c(N4CCc5ccccc54)ncnc3[nH]2)cc1. The third-order valence-corrected chi connectivity index (χ3v) is 4.94. The van der Waals surface area contributed by atoms with Gasteiger partial charge in [-0.2, -0.15) is 0 Å². The van der Waals surface area contributed by atoms with E-state index in [1.54, 1.807) is 18.5 Å². The number of hydrogen-bond donors (Lipinski definition) is 1. The molecule has 0 fully saturated rings. The highest BCUT2D eigenvalue weighted by molar-refractivity contribution is 5.94. The minimum Gasteiger partial charge on any atom is -0.339 e. The van der Waals surface area contributed by atoms with E-state index in [-0.39, 0.29) is 5.69 Å². The number of H-pyrrole nitrogens is 1. The third kappa shape index (κ3) is 2.52. The van der Waals surface area contributed by atoms with Gasteiger partial charge < -0.3 is 9.88 Å². The van der Waals surface area contributed by atoms with Crippen molar-refractivity contribution >= 4 is 28.2 Å². The highest BCUT2D eigenvalue weighted by Gasteiger charge is 2.23. The molecular formula is C20H15N5O2. The van der Waals surface area contributed by atoms with Gasteiger partial charge in [-0.1, -0.05) is 18.2 Å². The summed E-state index contributed by atoms with van der Waals surface area (Å²) in [5.41, 5.74) is 5.04. The second-order valence-electron chi connectivity index (χ2n) is 6.48. The fourth-order valence-electron chi connectivity index (χ4n) is 3.62. The van der Waals surface area contributed by atoms with Gasteiger partial charge >= 0.3 is 0 Å². The zero-order chi connectivity index (χ0) is 18.4. The molecule has 0 spiro atoms. The number of nitrogens with one attached hydrogen (secondary N) is 1. The number of aromatic amines is 1. The molecule has 27 heavy (non-hydrogen) atoms. The number of nitrogens with zero attached hydrogens (tertiary/aromatic N) is 4. The Kier molecular flexibility index (Phi) is 3.39.